The lowest BCUT2D eigenvalue weighted by Gasteiger charge is -2.37. The summed E-state index contributed by atoms with van der Waals surface area (Å²) in [5, 5.41) is 0. The van der Waals surface area contributed by atoms with Gasteiger partial charge < -0.3 is 19.4 Å². The molecule has 2 aromatic rings. The Kier molecular flexibility index (Phi) is 5.38. The molecule has 0 N–H and O–H groups in total. The summed E-state index contributed by atoms with van der Waals surface area (Å²) in [5.41, 5.74) is 1.26. The fraction of sp³-hybridized carbons (Fsp3) is 0.364. The Morgan fingerprint density at radius 2 is 1.66 bits per heavy atom. The van der Waals surface area contributed by atoms with E-state index in [1.54, 1.807) is 25.3 Å². The lowest BCUT2D eigenvalue weighted by molar-refractivity contribution is -0.136. The van der Waals surface area contributed by atoms with Crippen LogP contribution in [0.5, 0.6) is 5.75 Å². The van der Waals surface area contributed by atoms with E-state index < -0.39 is 11.7 Å². The summed E-state index contributed by atoms with van der Waals surface area (Å²) in [6.07, 6.45) is 0.125. The number of amides is 2. The highest BCUT2D eigenvalue weighted by Crippen LogP contribution is 2.30. The molecule has 1 atom stereocenters. The Morgan fingerprint density at radius 1 is 1.00 bits per heavy atom. The molecule has 152 valence electrons. The first kappa shape index (κ1) is 19.2. The number of carbonyl (C=O) groups excluding carboxylic acids is 2. The van der Waals surface area contributed by atoms with Gasteiger partial charge in [0.25, 0.3) is 0 Å². The Bertz CT molecular complexity index is 912. The summed E-state index contributed by atoms with van der Waals surface area (Å²) < 4.78 is 19.5. The highest BCUT2D eigenvalue weighted by molar-refractivity contribution is 6.00. The van der Waals surface area contributed by atoms with Crippen molar-refractivity contribution in [3.63, 3.8) is 0 Å². The van der Waals surface area contributed by atoms with Gasteiger partial charge in [0.2, 0.25) is 11.8 Å². The van der Waals surface area contributed by atoms with E-state index in [0.29, 0.717) is 26.2 Å². The fourth-order valence-electron chi connectivity index (χ4n) is 4.09. The average molecular weight is 397 g/mol. The number of methoxy groups -OCH3 is 1. The summed E-state index contributed by atoms with van der Waals surface area (Å²) in [7, 11) is 1.65. The molecule has 2 fully saturated rings. The number of benzene rings is 2. The number of ether oxygens (including phenoxy) is 1. The van der Waals surface area contributed by atoms with E-state index in [-0.39, 0.29) is 30.5 Å². The maximum absolute atomic E-state index is 14.1. The molecule has 2 amide bonds. The van der Waals surface area contributed by atoms with Crippen molar-refractivity contribution in [2.45, 2.75) is 6.42 Å². The monoisotopic (exact) mass is 397 g/mol. The second-order valence-electron chi connectivity index (χ2n) is 7.34. The van der Waals surface area contributed by atoms with Crippen molar-refractivity contribution in [1.82, 2.24) is 4.90 Å². The number of rotatable bonds is 4. The van der Waals surface area contributed by atoms with E-state index in [9.17, 15) is 14.0 Å². The number of para-hydroxylation sites is 3. The molecule has 2 saturated heterocycles. The number of nitrogens with zero attached hydrogens (tertiary/aromatic N) is 3. The zero-order valence-electron chi connectivity index (χ0n) is 16.4. The molecule has 2 aromatic carbocycles. The second kappa shape index (κ2) is 8.11. The number of piperazine rings is 1. The van der Waals surface area contributed by atoms with Crippen LogP contribution >= 0.6 is 0 Å². The van der Waals surface area contributed by atoms with Crippen LogP contribution in [-0.4, -0.2) is 56.5 Å². The molecule has 29 heavy (non-hydrogen) atoms. The van der Waals surface area contributed by atoms with Crippen molar-refractivity contribution >= 4 is 23.2 Å². The number of halogens is 1. The third-order valence-electron chi connectivity index (χ3n) is 5.63. The van der Waals surface area contributed by atoms with E-state index in [1.807, 2.05) is 29.2 Å². The molecule has 2 heterocycles. The molecule has 0 bridgehead atoms. The van der Waals surface area contributed by atoms with Gasteiger partial charge in [0.1, 0.15) is 11.6 Å². The zero-order chi connectivity index (χ0) is 20.4. The molecule has 0 aromatic heterocycles. The third-order valence-corrected chi connectivity index (χ3v) is 5.63. The predicted octanol–water partition coefficient (Wildman–Crippen LogP) is 2.54. The van der Waals surface area contributed by atoms with Crippen LogP contribution in [0.4, 0.5) is 15.8 Å². The van der Waals surface area contributed by atoms with Gasteiger partial charge >= 0.3 is 0 Å². The molecule has 6 nitrogen and oxygen atoms in total. The first-order valence-electron chi connectivity index (χ1n) is 9.80. The largest absolute Gasteiger partial charge is 0.495 e. The van der Waals surface area contributed by atoms with E-state index in [1.165, 1.54) is 11.0 Å². The van der Waals surface area contributed by atoms with Crippen molar-refractivity contribution in [2.75, 3.05) is 49.6 Å². The van der Waals surface area contributed by atoms with Crippen molar-refractivity contribution in [2.24, 2.45) is 5.92 Å². The first-order valence-corrected chi connectivity index (χ1v) is 9.80. The lowest BCUT2D eigenvalue weighted by Crippen LogP contribution is -2.50. The number of hydrogen-bond donors (Lipinski definition) is 0. The van der Waals surface area contributed by atoms with E-state index in [2.05, 4.69) is 4.90 Å². The molecule has 1 unspecified atom stereocenters. The summed E-state index contributed by atoms with van der Waals surface area (Å²) in [4.78, 5) is 30.8. The van der Waals surface area contributed by atoms with Gasteiger partial charge in [-0.3, -0.25) is 9.59 Å². The minimum Gasteiger partial charge on any atom is -0.495 e. The molecule has 0 spiro atoms. The molecule has 0 aliphatic carbocycles. The van der Waals surface area contributed by atoms with Crippen LogP contribution in [0.2, 0.25) is 0 Å². The summed E-state index contributed by atoms with van der Waals surface area (Å²) in [6, 6.07) is 14.0. The van der Waals surface area contributed by atoms with E-state index in [4.69, 9.17) is 4.74 Å². The summed E-state index contributed by atoms with van der Waals surface area (Å²) >= 11 is 0. The topological polar surface area (TPSA) is 53.1 Å². The quantitative estimate of drug-likeness (QED) is 0.796. The Hall–Kier alpha value is -3.09. The van der Waals surface area contributed by atoms with Crippen molar-refractivity contribution in [1.29, 1.82) is 0 Å². The van der Waals surface area contributed by atoms with Crippen LogP contribution in [0.15, 0.2) is 48.5 Å². The molecule has 7 heteroatoms. The summed E-state index contributed by atoms with van der Waals surface area (Å²) in [6.45, 7) is 2.79. The zero-order valence-corrected chi connectivity index (χ0v) is 16.4. The van der Waals surface area contributed by atoms with Crippen LogP contribution in [0, 0.1) is 11.7 Å². The number of carbonyl (C=O) groups is 2. The van der Waals surface area contributed by atoms with Crippen LogP contribution in [0.1, 0.15) is 6.42 Å². The van der Waals surface area contributed by atoms with Crippen LogP contribution in [0.25, 0.3) is 0 Å². The standard InChI is InChI=1S/C22H24FN3O3/c1-29-20-9-5-4-8-19(20)24-10-12-25(13-11-24)22(28)16-14-21(27)26(15-16)18-7-3-2-6-17(18)23/h2-9,16H,10-15H2,1H3. The highest BCUT2D eigenvalue weighted by Gasteiger charge is 2.38. The number of hydrogen-bond acceptors (Lipinski definition) is 4. The van der Waals surface area contributed by atoms with Crippen molar-refractivity contribution < 1.29 is 18.7 Å². The molecule has 0 saturated carbocycles. The smallest absolute Gasteiger partial charge is 0.228 e. The first-order chi connectivity index (χ1) is 14.1. The van der Waals surface area contributed by atoms with Crippen LogP contribution < -0.4 is 14.5 Å². The van der Waals surface area contributed by atoms with Gasteiger partial charge in [-0.05, 0) is 24.3 Å². The van der Waals surface area contributed by atoms with E-state index in [0.717, 1.165) is 11.4 Å². The second-order valence-corrected chi connectivity index (χ2v) is 7.34. The molecule has 0 radical (unpaired) electrons. The van der Waals surface area contributed by atoms with Gasteiger partial charge in [0.15, 0.2) is 0 Å². The lowest BCUT2D eigenvalue weighted by atomic mass is 10.1. The number of anilines is 2. The van der Waals surface area contributed by atoms with Gasteiger partial charge in [-0.1, -0.05) is 24.3 Å². The molecular weight excluding hydrogens is 373 g/mol. The van der Waals surface area contributed by atoms with Gasteiger partial charge in [-0.25, -0.2) is 4.39 Å². The fourth-order valence-corrected chi connectivity index (χ4v) is 4.09. The Balaban J connectivity index is 1.39. The van der Waals surface area contributed by atoms with Crippen LogP contribution in [-0.2, 0) is 9.59 Å². The van der Waals surface area contributed by atoms with Gasteiger partial charge in [0.05, 0.1) is 24.4 Å². The van der Waals surface area contributed by atoms with E-state index >= 15 is 0 Å². The SMILES string of the molecule is COc1ccccc1N1CCN(C(=O)C2CC(=O)N(c3ccccc3F)C2)CC1. The molecule has 2 aliphatic rings. The van der Waals surface area contributed by atoms with Crippen LogP contribution in [0.3, 0.4) is 0 Å². The maximum Gasteiger partial charge on any atom is 0.228 e. The maximum atomic E-state index is 14.1. The molecule has 2 aliphatic heterocycles. The Morgan fingerprint density at radius 3 is 2.34 bits per heavy atom. The van der Waals surface area contributed by atoms with Crippen molar-refractivity contribution in [3.05, 3.63) is 54.3 Å². The highest BCUT2D eigenvalue weighted by atomic mass is 19.1. The molecule has 4 rings (SSSR count). The van der Waals surface area contributed by atoms with Crippen molar-refractivity contribution in [3.8, 4) is 5.75 Å². The normalized spacial score (nSPS) is 19.6. The minimum absolute atomic E-state index is 0.0307. The van der Waals surface area contributed by atoms with Gasteiger partial charge in [0, 0.05) is 39.1 Å². The minimum atomic E-state index is -0.445. The predicted molar refractivity (Wildman–Crippen MR) is 109 cm³/mol. The van der Waals surface area contributed by atoms with Gasteiger partial charge in [-0.15, -0.1) is 0 Å². The average Bonchev–Trinajstić information content (AvgIpc) is 3.15. The van der Waals surface area contributed by atoms with Gasteiger partial charge in [-0.2, -0.15) is 0 Å². The molecular formula is C22H24FN3O3. The third kappa shape index (κ3) is 3.77. The Labute approximate surface area is 169 Å². The summed E-state index contributed by atoms with van der Waals surface area (Å²) in [5.74, 6) is -0.300.